The number of hydrogen-bond acceptors (Lipinski definition) is 4. The highest BCUT2D eigenvalue weighted by molar-refractivity contribution is 7.99. The SMILES string of the molecule is Cc1ccc(-c2cc(CSC(C)C(C)O)on2)cc1. The van der Waals surface area contributed by atoms with Crippen molar-refractivity contribution in [3.8, 4) is 11.3 Å². The van der Waals surface area contributed by atoms with Crippen molar-refractivity contribution in [2.24, 2.45) is 0 Å². The largest absolute Gasteiger partial charge is 0.392 e. The van der Waals surface area contributed by atoms with Gasteiger partial charge in [-0.15, -0.1) is 11.8 Å². The van der Waals surface area contributed by atoms with Gasteiger partial charge in [0.2, 0.25) is 0 Å². The number of thioether (sulfide) groups is 1. The fourth-order valence-electron chi connectivity index (χ4n) is 1.59. The van der Waals surface area contributed by atoms with Crippen molar-refractivity contribution in [3.63, 3.8) is 0 Å². The predicted molar refractivity (Wildman–Crippen MR) is 79.1 cm³/mol. The molecule has 4 heteroatoms. The van der Waals surface area contributed by atoms with Gasteiger partial charge >= 0.3 is 0 Å². The number of aromatic nitrogens is 1. The van der Waals surface area contributed by atoms with Crippen LogP contribution in [-0.2, 0) is 5.75 Å². The molecule has 0 aliphatic carbocycles. The fourth-order valence-corrected chi connectivity index (χ4v) is 2.44. The molecule has 0 saturated carbocycles. The third kappa shape index (κ3) is 3.85. The van der Waals surface area contributed by atoms with Gasteiger partial charge in [-0.3, -0.25) is 0 Å². The number of benzene rings is 1. The summed E-state index contributed by atoms with van der Waals surface area (Å²) in [4.78, 5) is 0. The smallest absolute Gasteiger partial charge is 0.147 e. The maximum Gasteiger partial charge on any atom is 0.147 e. The van der Waals surface area contributed by atoms with Gasteiger partial charge in [0.15, 0.2) is 0 Å². The minimum atomic E-state index is -0.315. The summed E-state index contributed by atoms with van der Waals surface area (Å²) < 4.78 is 5.33. The summed E-state index contributed by atoms with van der Waals surface area (Å²) in [6.45, 7) is 5.87. The Kier molecular flexibility index (Phi) is 4.66. The first-order chi connectivity index (χ1) is 9.06. The maximum atomic E-state index is 9.44. The lowest BCUT2D eigenvalue weighted by atomic mass is 10.1. The van der Waals surface area contributed by atoms with Crippen molar-refractivity contribution in [2.45, 2.75) is 37.9 Å². The normalized spacial score (nSPS) is 14.3. The van der Waals surface area contributed by atoms with E-state index in [-0.39, 0.29) is 11.4 Å². The van der Waals surface area contributed by atoms with E-state index in [1.807, 2.05) is 25.1 Å². The van der Waals surface area contributed by atoms with Gasteiger partial charge in [-0.25, -0.2) is 0 Å². The van der Waals surface area contributed by atoms with E-state index >= 15 is 0 Å². The summed E-state index contributed by atoms with van der Waals surface area (Å²) >= 11 is 1.66. The van der Waals surface area contributed by atoms with Gasteiger partial charge < -0.3 is 9.63 Å². The van der Waals surface area contributed by atoms with Crippen LogP contribution in [0.4, 0.5) is 0 Å². The van der Waals surface area contributed by atoms with E-state index in [4.69, 9.17) is 4.52 Å². The van der Waals surface area contributed by atoms with Crippen LogP contribution < -0.4 is 0 Å². The Morgan fingerprint density at radius 1 is 1.26 bits per heavy atom. The summed E-state index contributed by atoms with van der Waals surface area (Å²) in [6.07, 6.45) is -0.315. The van der Waals surface area contributed by atoms with Gasteiger partial charge in [0.25, 0.3) is 0 Å². The number of aliphatic hydroxyl groups is 1. The second kappa shape index (κ2) is 6.26. The lowest BCUT2D eigenvalue weighted by molar-refractivity contribution is 0.196. The molecule has 0 bridgehead atoms. The molecule has 3 nitrogen and oxygen atoms in total. The van der Waals surface area contributed by atoms with E-state index in [9.17, 15) is 5.11 Å². The highest BCUT2D eigenvalue weighted by Gasteiger charge is 2.12. The van der Waals surface area contributed by atoms with Gasteiger partial charge in [-0.2, -0.15) is 0 Å². The van der Waals surface area contributed by atoms with Gasteiger partial charge in [0, 0.05) is 16.9 Å². The van der Waals surface area contributed by atoms with Crippen molar-refractivity contribution < 1.29 is 9.63 Å². The predicted octanol–water partition coefficient (Wildman–Crippen LogP) is 3.65. The molecular formula is C15H19NO2S. The van der Waals surface area contributed by atoms with Crippen molar-refractivity contribution in [1.82, 2.24) is 5.16 Å². The number of rotatable bonds is 5. The molecule has 2 unspecified atom stereocenters. The molecule has 1 heterocycles. The number of aryl methyl sites for hydroxylation is 1. The Labute approximate surface area is 118 Å². The minimum absolute atomic E-state index is 0.188. The van der Waals surface area contributed by atoms with E-state index < -0.39 is 0 Å². The second-order valence-corrected chi connectivity index (χ2v) is 6.17. The molecule has 1 aromatic heterocycles. The summed E-state index contributed by atoms with van der Waals surface area (Å²) in [5, 5.41) is 13.7. The fraction of sp³-hybridized carbons (Fsp3) is 0.400. The van der Waals surface area contributed by atoms with Crippen LogP contribution in [0.5, 0.6) is 0 Å². The Morgan fingerprint density at radius 2 is 1.95 bits per heavy atom. The first-order valence-corrected chi connectivity index (χ1v) is 7.43. The summed E-state index contributed by atoms with van der Waals surface area (Å²) in [5.74, 6) is 1.57. The van der Waals surface area contributed by atoms with E-state index in [1.54, 1.807) is 18.7 Å². The third-order valence-corrected chi connectivity index (χ3v) is 4.44. The molecule has 102 valence electrons. The van der Waals surface area contributed by atoms with Gasteiger partial charge in [-0.05, 0) is 13.8 Å². The molecule has 2 rings (SSSR count). The molecule has 0 saturated heterocycles. The topological polar surface area (TPSA) is 46.3 Å². The maximum absolute atomic E-state index is 9.44. The molecule has 0 aliphatic heterocycles. The van der Waals surface area contributed by atoms with Crippen LogP contribution in [0.2, 0.25) is 0 Å². The highest BCUT2D eigenvalue weighted by atomic mass is 32.2. The Hall–Kier alpha value is -1.26. The van der Waals surface area contributed by atoms with Crippen LogP contribution in [0.1, 0.15) is 25.2 Å². The molecule has 0 amide bonds. The minimum Gasteiger partial charge on any atom is -0.392 e. The third-order valence-electron chi connectivity index (χ3n) is 3.07. The zero-order valence-corrected chi connectivity index (χ0v) is 12.3. The molecule has 2 atom stereocenters. The van der Waals surface area contributed by atoms with Crippen LogP contribution in [0.25, 0.3) is 11.3 Å². The highest BCUT2D eigenvalue weighted by Crippen LogP contribution is 2.24. The van der Waals surface area contributed by atoms with Crippen LogP contribution in [-0.4, -0.2) is 21.6 Å². The van der Waals surface area contributed by atoms with Crippen LogP contribution >= 0.6 is 11.8 Å². The lowest BCUT2D eigenvalue weighted by Crippen LogP contribution is -2.15. The zero-order valence-electron chi connectivity index (χ0n) is 11.5. The van der Waals surface area contributed by atoms with Crippen LogP contribution in [0.3, 0.4) is 0 Å². The van der Waals surface area contributed by atoms with E-state index in [1.165, 1.54) is 5.56 Å². The Bertz CT molecular complexity index is 519. The van der Waals surface area contributed by atoms with Crippen LogP contribution in [0, 0.1) is 6.92 Å². The molecule has 0 spiro atoms. The van der Waals surface area contributed by atoms with Crippen molar-refractivity contribution in [1.29, 1.82) is 0 Å². The quantitative estimate of drug-likeness (QED) is 0.906. The number of nitrogens with zero attached hydrogens (tertiary/aromatic N) is 1. The molecule has 0 aliphatic rings. The van der Waals surface area contributed by atoms with Gasteiger partial charge in [0.05, 0.1) is 11.9 Å². The molecule has 1 N–H and O–H groups in total. The van der Waals surface area contributed by atoms with E-state index in [0.29, 0.717) is 0 Å². The lowest BCUT2D eigenvalue weighted by Gasteiger charge is -2.12. The Balaban J connectivity index is 2.01. The average molecular weight is 277 g/mol. The first-order valence-electron chi connectivity index (χ1n) is 6.38. The van der Waals surface area contributed by atoms with Gasteiger partial charge in [0.1, 0.15) is 11.5 Å². The number of aliphatic hydroxyl groups excluding tert-OH is 1. The molecule has 2 aromatic rings. The average Bonchev–Trinajstić information content (AvgIpc) is 2.85. The standard InChI is InChI=1S/C15H19NO2S/c1-10-4-6-13(7-5-10)15-8-14(18-16-15)9-19-12(3)11(2)17/h4-8,11-12,17H,9H2,1-3H3. The molecular weight excluding hydrogens is 258 g/mol. The van der Waals surface area contributed by atoms with Crippen molar-refractivity contribution in [2.75, 3.05) is 0 Å². The summed E-state index contributed by atoms with van der Waals surface area (Å²) in [5.41, 5.74) is 3.16. The second-order valence-electron chi connectivity index (χ2n) is 4.80. The first kappa shape index (κ1) is 14.2. The van der Waals surface area contributed by atoms with E-state index in [2.05, 4.69) is 24.2 Å². The van der Waals surface area contributed by atoms with Gasteiger partial charge in [-0.1, -0.05) is 41.9 Å². The summed E-state index contributed by atoms with van der Waals surface area (Å²) in [7, 11) is 0. The molecule has 1 aromatic carbocycles. The van der Waals surface area contributed by atoms with Crippen LogP contribution in [0.15, 0.2) is 34.9 Å². The molecule has 19 heavy (non-hydrogen) atoms. The number of hydrogen-bond donors (Lipinski definition) is 1. The molecule has 0 radical (unpaired) electrons. The van der Waals surface area contributed by atoms with Crippen molar-refractivity contribution in [3.05, 3.63) is 41.7 Å². The van der Waals surface area contributed by atoms with E-state index in [0.717, 1.165) is 22.8 Å². The Morgan fingerprint density at radius 3 is 2.58 bits per heavy atom. The monoisotopic (exact) mass is 277 g/mol. The molecule has 0 fully saturated rings. The van der Waals surface area contributed by atoms with Crippen molar-refractivity contribution >= 4 is 11.8 Å². The zero-order chi connectivity index (χ0) is 13.8. The summed E-state index contributed by atoms with van der Waals surface area (Å²) in [6, 6.07) is 10.2.